The smallest absolute Gasteiger partial charge is 0.234 e. The van der Waals surface area contributed by atoms with Crippen LogP contribution >= 0.6 is 0 Å². The molecular weight excluding hydrogens is 259 g/mol. The van der Waals surface area contributed by atoms with Crippen molar-refractivity contribution in [2.75, 3.05) is 0 Å². The van der Waals surface area contributed by atoms with Gasteiger partial charge in [-0.05, 0) is 23.6 Å². The van der Waals surface area contributed by atoms with Gasteiger partial charge in [0.15, 0.2) is 5.82 Å². The molecular formula is C15H17FN2O2. The van der Waals surface area contributed by atoms with Crippen LogP contribution in [-0.4, -0.2) is 15.9 Å². The van der Waals surface area contributed by atoms with Crippen LogP contribution in [0.3, 0.4) is 0 Å². The first-order valence-corrected chi connectivity index (χ1v) is 6.60. The van der Waals surface area contributed by atoms with Crippen molar-refractivity contribution < 1.29 is 13.7 Å². The molecule has 106 valence electrons. The molecule has 0 saturated carbocycles. The number of nitrogens with zero attached hydrogens (tertiary/aromatic N) is 2. The van der Waals surface area contributed by atoms with Crippen LogP contribution < -0.4 is 0 Å². The number of rotatable bonds is 6. The van der Waals surface area contributed by atoms with E-state index in [2.05, 4.69) is 10.1 Å². The molecule has 4 nitrogen and oxygen atoms in total. The van der Waals surface area contributed by atoms with E-state index >= 15 is 0 Å². The largest absolute Gasteiger partial charge is 0.339 e. The second kappa shape index (κ2) is 6.41. The van der Waals surface area contributed by atoms with E-state index < -0.39 is 0 Å². The molecule has 5 heteroatoms. The SMILES string of the molecule is CC(C)CC(=O)Cc1nc(Cc2ccc(F)cc2)no1. The molecule has 1 aromatic heterocycles. The number of hydrogen-bond acceptors (Lipinski definition) is 4. The maximum atomic E-state index is 12.8. The average molecular weight is 276 g/mol. The van der Waals surface area contributed by atoms with Crippen molar-refractivity contribution >= 4 is 5.78 Å². The number of hydrogen-bond donors (Lipinski definition) is 0. The number of carbonyl (C=O) groups excluding carboxylic acids is 1. The quantitative estimate of drug-likeness (QED) is 0.814. The highest BCUT2D eigenvalue weighted by Gasteiger charge is 2.12. The third-order valence-corrected chi connectivity index (χ3v) is 2.77. The van der Waals surface area contributed by atoms with Crippen LogP contribution in [0.25, 0.3) is 0 Å². The van der Waals surface area contributed by atoms with Crippen LogP contribution in [-0.2, 0) is 17.6 Å². The van der Waals surface area contributed by atoms with E-state index in [9.17, 15) is 9.18 Å². The van der Waals surface area contributed by atoms with Crippen molar-refractivity contribution in [2.45, 2.75) is 33.1 Å². The van der Waals surface area contributed by atoms with Gasteiger partial charge in [-0.1, -0.05) is 31.1 Å². The minimum absolute atomic E-state index is 0.0944. The Labute approximate surface area is 117 Å². The molecule has 0 atom stereocenters. The highest BCUT2D eigenvalue weighted by atomic mass is 19.1. The van der Waals surface area contributed by atoms with Crippen LogP contribution in [0.15, 0.2) is 28.8 Å². The lowest BCUT2D eigenvalue weighted by Gasteiger charge is -2.00. The van der Waals surface area contributed by atoms with E-state index in [1.807, 2.05) is 13.8 Å². The van der Waals surface area contributed by atoms with Crippen LogP contribution in [0, 0.1) is 11.7 Å². The fourth-order valence-electron chi connectivity index (χ4n) is 1.91. The Bertz CT molecular complexity index is 576. The summed E-state index contributed by atoms with van der Waals surface area (Å²) in [6.07, 6.45) is 1.15. The van der Waals surface area contributed by atoms with E-state index in [-0.39, 0.29) is 18.0 Å². The summed E-state index contributed by atoms with van der Waals surface area (Å²) in [5.41, 5.74) is 0.896. The van der Waals surface area contributed by atoms with Crippen molar-refractivity contribution in [3.8, 4) is 0 Å². The molecule has 0 spiro atoms. The fourth-order valence-corrected chi connectivity index (χ4v) is 1.91. The molecule has 2 aromatic rings. The van der Waals surface area contributed by atoms with Crippen LogP contribution in [0.5, 0.6) is 0 Å². The summed E-state index contributed by atoms with van der Waals surface area (Å²) in [6, 6.07) is 6.13. The first-order valence-electron chi connectivity index (χ1n) is 6.60. The van der Waals surface area contributed by atoms with Gasteiger partial charge in [-0.25, -0.2) is 4.39 Å². The summed E-state index contributed by atoms with van der Waals surface area (Å²) >= 11 is 0. The van der Waals surface area contributed by atoms with Crippen molar-refractivity contribution in [2.24, 2.45) is 5.92 Å². The third kappa shape index (κ3) is 4.26. The predicted octanol–water partition coefficient (Wildman–Crippen LogP) is 2.96. The van der Waals surface area contributed by atoms with E-state index in [1.165, 1.54) is 12.1 Å². The molecule has 2 rings (SSSR count). The van der Waals surface area contributed by atoms with Gasteiger partial charge in [0.25, 0.3) is 0 Å². The number of Topliss-reactive ketones (excluding diaryl/α,β-unsaturated/α-hetero) is 1. The summed E-state index contributed by atoms with van der Waals surface area (Å²) in [6.45, 7) is 3.98. The van der Waals surface area contributed by atoms with Gasteiger partial charge in [0.05, 0.1) is 6.42 Å². The Kier molecular flexibility index (Phi) is 4.61. The number of ketones is 1. The normalized spacial score (nSPS) is 11.0. The molecule has 0 aliphatic heterocycles. The molecule has 0 N–H and O–H groups in total. The lowest BCUT2D eigenvalue weighted by Crippen LogP contribution is -2.06. The molecule has 0 saturated heterocycles. The minimum Gasteiger partial charge on any atom is -0.339 e. The molecule has 0 aliphatic rings. The molecule has 0 bridgehead atoms. The molecule has 0 amide bonds. The summed E-state index contributed by atoms with van der Waals surface area (Å²) < 4.78 is 17.8. The lowest BCUT2D eigenvalue weighted by molar-refractivity contribution is -0.119. The highest BCUT2D eigenvalue weighted by Crippen LogP contribution is 2.10. The minimum atomic E-state index is -0.276. The molecule has 0 radical (unpaired) electrons. The predicted molar refractivity (Wildman–Crippen MR) is 71.7 cm³/mol. The summed E-state index contributed by atoms with van der Waals surface area (Å²) in [4.78, 5) is 15.8. The molecule has 0 fully saturated rings. The monoisotopic (exact) mass is 276 g/mol. The summed E-state index contributed by atoms with van der Waals surface area (Å²) in [5, 5.41) is 3.83. The van der Waals surface area contributed by atoms with Gasteiger partial charge in [-0.2, -0.15) is 4.98 Å². The zero-order valence-corrected chi connectivity index (χ0v) is 11.6. The summed E-state index contributed by atoms with van der Waals surface area (Å²) in [7, 11) is 0. The molecule has 1 aromatic carbocycles. The number of benzene rings is 1. The Morgan fingerprint density at radius 1 is 1.30 bits per heavy atom. The number of halogens is 1. The number of carbonyl (C=O) groups is 1. The zero-order valence-electron chi connectivity index (χ0n) is 11.6. The van der Waals surface area contributed by atoms with Gasteiger partial charge < -0.3 is 4.52 Å². The topological polar surface area (TPSA) is 56.0 Å². The molecule has 20 heavy (non-hydrogen) atoms. The highest BCUT2D eigenvalue weighted by molar-refractivity contribution is 5.80. The van der Waals surface area contributed by atoms with Crippen molar-refractivity contribution in [3.63, 3.8) is 0 Å². The third-order valence-electron chi connectivity index (χ3n) is 2.77. The van der Waals surface area contributed by atoms with Gasteiger partial charge in [0.1, 0.15) is 11.6 Å². The second-order valence-corrected chi connectivity index (χ2v) is 5.22. The van der Waals surface area contributed by atoms with Crippen LogP contribution in [0.1, 0.15) is 37.5 Å². The average Bonchev–Trinajstić information content (AvgIpc) is 2.78. The summed E-state index contributed by atoms with van der Waals surface area (Å²) in [5.74, 6) is 0.986. The van der Waals surface area contributed by atoms with E-state index in [4.69, 9.17) is 4.52 Å². The zero-order chi connectivity index (χ0) is 14.5. The van der Waals surface area contributed by atoms with E-state index in [0.29, 0.717) is 30.5 Å². The fraction of sp³-hybridized carbons (Fsp3) is 0.400. The van der Waals surface area contributed by atoms with E-state index in [0.717, 1.165) is 5.56 Å². The molecule has 1 heterocycles. The van der Waals surface area contributed by atoms with Gasteiger partial charge in [-0.3, -0.25) is 4.79 Å². The van der Waals surface area contributed by atoms with Gasteiger partial charge in [-0.15, -0.1) is 0 Å². The number of aromatic nitrogens is 2. The maximum absolute atomic E-state index is 12.8. The molecule has 0 unspecified atom stereocenters. The Morgan fingerprint density at radius 3 is 2.65 bits per heavy atom. The van der Waals surface area contributed by atoms with Gasteiger partial charge in [0.2, 0.25) is 5.89 Å². The first-order chi connectivity index (χ1) is 9.52. The van der Waals surface area contributed by atoms with Gasteiger partial charge >= 0.3 is 0 Å². The van der Waals surface area contributed by atoms with Crippen LogP contribution in [0.2, 0.25) is 0 Å². The van der Waals surface area contributed by atoms with E-state index in [1.54, 1.807) is 12.1 Å². The molecule has 0 aliphatic carbocycles. The standard InChI is InChI=1S/C15H17FN2O2/c1-10(2)7-13(19)9-15-17-14(18-20-15)8-11-3-5-12(16)6-4-11/h3-6,10H,7-9H2,1-2H3. The van der Waals surface area contributed by atoms with Gasteiger partial charge in [0, 0.05) is 12.8 Å². The maximum Gasteiger partial charge on any atom is 0.234 e. The van der Waals surface area contributed by atoms with Crippen LogP contribution in [0.4, 0.5) is 4.39 Å². The van der Waals surface area contributed by atoms with Crippen molar-refractivity contribution in [1.29, 1.82) is 0 Å². The lowest BCUT2D eigenvalue weighted by atomic mass is 10.1. The second-order valence-electron chi connectivity index (χ2n) is 5.22. The van der Waals surface area contributed by atoms with Crippen molar-refractivity contribution in [1.82, 2.24) is 10.1 Å². The van der Waals surface area contributed by atoms with Crippen molar-refractivity contribution in [3.05, 3.63) is 47.4 Å². The Balaban J connectivity index is 1.95. The Morgan fingerprint density at radius 2 is 2.00 bits per heavy atom. The Hall–Kier alpha value is -2.04. The first kappa shape index (κ1) is 14.4.